The van der Waals surface area contributed by atoms with Crippen LogP contribution in [0.25, 0.3) is 0 Å². The van der Waals surface area contributed by atoms with Crippen molar-refractivity contribution >= 4 is 22.8 Å². The van der Waals surface area contributed by atoms with Gasteiger partial charge in [0.1, 0.15) is 0 Å². The molecule has 84 valence electrons. The Bertz CT molecular complexity index is 261. The third kappa shape index (κ3) is 2.74. The van der Waals surface area contributed by atoms with Gasteiger partial charge in [-0.2, -0.15) is 0 Å². The molecule has 1 saturated carbocycles. The van der Waals surface area contributed by atoms with Crippen LogP contribution in [0.1, 0.15) is 32.1 Å². The van der Waals surface area contributed by atoms with Crippen LogP contribution in [0, 0.1) is 5.92 Å². The molecular formula is C11H17NO2S. The number of nitrogens with zero attached hydrogens (tertiary/aromatic N) is 1. The maximum absolute atomic E-state index is 11.9. The highest BCUT2D eigenvalue weighted by Gasteiger charge is 2.27. The fraction of sp³-hybridized carbons (Fsp3) is 0.818. The molecular weight excluding hydrogens is 210 g/mol. The maximum atomic E-state index is 11.9. The van der Waals surface area contributed by atoms with E-state index in [-0.39, 0.29) is 16.9 Å². The van der Waals surface area contributed by atoms with Crippen molar-refractivity contribution in [2.75, 3.05) is 18.8 Å². The molecule has 0 atom stereocenters. The van der Waals surface area contributed by atoms with Gasteiger partial charge in [-0.3, -0.25) is 9.59 Å². The van der Waals surface area contributed by atoms with Crippen LogP contribution in [0.2, 0.25) is 0 Å². The quantitative estimate of drug-likeness (QED) is 0.742. The van der Waals surface area contributed by atoms with Crippen LogP contribution >= 0.6 is 11.8 Å². The Morgan fingerprint density at radius 1 is 1.33 bits per heavy atom. The lowest BCUT2D eigenvalue weighted by Gasteiger charge is -2.22. The van der Waals surface area contributed by atoms with Crippen molar-refractivity contribution in [3.63, 3.8) is 0 Å². The summed E-state index contributed by atoms with van der Waals surface area (Å²) < 4.78 is 0. The first-order valence-electron chi connectivity index (χ1n) is 5.72. The molecule has 0 aromatic carbocycles. The number of hydrogen-bond acceptors (Lipinski definition) is 3. The molecule has 0 bridgehead atoms. The van der Waals surface area contributed by atoms with Crippen LogP contribution in [0.3, 0.4) is 0 Å². The van der Waals surface area contributed by atoms with E-state index in [2.05, 4.69) is 0 Å². The molecule has 1 aliphatic carbocycles. The molecule has 0 unspecified atom stereocenters. The van der Waals surface area contributed by atoms with E-state index in [0.29, 0.717) is 6.54 Å². The van der Waals surface area contributed by atoms with E-state index in [1.54, 1.807) is 4.90 Å². The molecule has 1 aliphatic heterocycles. The van der Waals surface area contributed by atoms with Crippen molar-refractivity contribution in [3.05, 3.63) is 0 Å². The normalized spacial score (nSPS) is 23.5. The fourth-order valence-electron chi connectivity index (χ4n) is 2.31. The third-order valence-electron chi connectivity index (χ3n) is 3.25. The smallest absolute Gasteiger partial charge is 0.282 e. The van der Waals surface area contributed by atoms with E-state index in [1.165, 1.54) is 31.0 Å². The summed E-state index contributed by atoms with van der Waals surface area (Å²) in [5, 5.41) is 0.0826. The van der Waals surface area contributed by atoms with Gasteiger partial charge < -0.3 is 4.90 Å². The fourth-order valence-corrected chi connectivity index (χ4v) is 3.14. The summed E-state index contributed by atoms with van der Waals surface area (Å²) in [6.07, 6.45) is 5.70. The molecule has 1 heterocycles. The van der Waals surface area contributed by atoms with Crippen molar-refractivity contribution in [3.8, 4) is 0 Å². The van der Waals surface area contributed by atoms with Crippen molar-refractivity contribution in [1.29, 1.82) is 0 Å². The van der Waals surface area contributed by atoms with E-state index < -0.39 is 0 Å². The SMILES string of the molecule is O=C(CN1CCSC1=O)C1CCCCC1. The minimum Gasteiger partial charge on any atom is -0.325 e. The minimum absolute atomic E-state index is 0.0826. The Balaban J connectivity index is 1.82. The first-order valence-corrected chi connectivity index (χ1v) is 6.70. The second-order valence-corrected chi connectivity index (χ2v) is 5.38. The number of ketones is 1. The van der Waals surface area contributed by atoms with Crippen LogP contribution in [0.4, 0.5) is 4.79 Å². The van der Waals surface area contributed by atoms with Gasteiger partial charge in [-0.1, -0.05) is 31.0 Å². The standard InChI is InChI=1S/C11H17NO2S/c13-10(9-4-2-1-3-5-9)8-12-6-7-15-11(12)14/h9H,1-8H2. The number of rotatable bonds is 3. The Kier molecular flexibility index (Phi) is 3.67. The summed E-state index contributed by atoms with van der Waals surface area (Å²) in [5.41, 5.74) is 0. The van der Waals surface area contributed by atoms with E-state index in [1.807, 2.05) is 0 Å². The van der Waals surface area contributed by atoms with E-state index in [0.717, 1.165) is 25.1 Å². The molecule has 1 saturated heterocycles. The first kappa shape index (κ1) is 11.0. The Hall–Kier alpha value is -0.510. The minimum atomic E-state index is 0.0826. The molecule has 3 nitrogen and oxygen atoms in total. The van der Waals surface area contributed by atoms with Gasteiger partial charge in [0.25, 0.3) is 5.24 Å². The van der Waals surface area contributed by atoms with Crippen LogP contribution in [-0.4, -0.2) is 34.8 Å². The number of carbonyl (C=O) groups excluding carboxylic acids is 2. The summed E-state index contributed by atoms with van der Waals surface area (Å²) in [6, 6.07) is 0. The molecule has 0 N–H and O–H groups in total. The van der Waals surface area contributed by atoms with E-state index in [9.17, 15) is 9.59 Å². The van der Waals surface area contributed by atoms with Gasteiger partial charge in [0.05, 0.1) is 6.54 Å². The first-order chi connectivity index (χ1) is 7.27. The van der Waals surface area contributed by atoms with Gasteiger partial charge in [0.15, 0.2) is 5.78 Å². The maximum Gasteiger partial charge on any atom is 0.282 e. The molecule has 4 heteroatoms. The zero-order valence-corrected chi connectivity index (χ0v) is 9.72. The molecule has 0 aromatic rings. The van der Waals surface area contributed by atoms with Gasteiger partial charge in [-0.15, -0.1) is 0 Å². The summed E-state index contributed by atoms with van der Waals surface area (Å²) in [5.74, 6) is 1.36. The summed E-state index contributed by atoms with van der Waals surface area (Å²) in [4.78, 5) is 24.9. The zero-order valence-electron chi connectivity index (χ0n) is 8.91. The van der Waals surface area contributed by atoms with Crippen molar-refractivity contribution in [2.24, 2.45) is 5.92 Å². The highest BCUT2D eigenvalue weighted by Crippen LogP contribution is 2.25. The molecule has 2 rings (SSSR count). The monoisotopic (exact) mass is 227 g/mol. The van der Waals surface area contributed by atoms with Gasteiger partial charge in [0, 0.05) is 18.2 Å². The highest BCUT2D eigenvalue weighted by atomic mass is 32.2. The summed E-state index contributed by atoms with van der Waals surface area (Å²) in [7, 11) is 0. The molecule has 1 amide bonds. The predicted octanol–water partition coefficient (Wildman–Crippen LogP) is 2.30. The largest absolute Gasteiger partial charge is 0.325 e. The molecule has 0 aromatic heterocycles. The number of thioether (sulfide) groups is 1. The second kappa shape index (κ2) is 5.01. The summed E-state index contributed by atoms with van der Waals surface area (Å²) in [6.45, 7) is 1.11. The summed E-state index contributed by atoms with van der Waals surface area (Å²) >= 11 is 1.33. The number of amides is 1. The van der Waals surface area contributed by atoms with Crippen molar-refractivity contribution in [2.45, 2.75) is 32.1 Å². The van der Waals surface area contributed by atoms with Gasteiger partial charge in [-0.05, 0) is 12.8 Å². The van der Waals surface area contributed by atoms with E-state index >= 15 is 0 Å². The molecule has 2 fully saturated rings. The van der Waals surface area contributed by atoms with Crippen LogP contribution < -0.4 is 0 Å². The van der Waals surface area contributed by atoms with Gasteiger partial charge in [-0.25, -0.2) is 0 Å². The second-order valence-electron chi connectivity index (χ2n) is 4.34. The predicted molar refractivity (Wildman–Crippen MR) is 61.0 cm³/mol. The highest BCUT2D eigenvalue weighted by molar-refractivity contribution is 8.13. The van der Waals surface area contributed by atoms with Gasteiger partial charge >= 0.3 is 0 Å². The van der Waals surface area contributed by atoms with Gasteiger partial charge in [0.2, 0.25) is 0 Å². The average molecular weight is 227 g/mol. The van der Waals surface area contributed by atoms with E-state index in [4.69, 9.17) is 0 Å². The molecule has 15 heavy (non-hydrogen) atoms. The Morgan fingerprint density at radius 2 is 2.07 bits per heavy atom. The lowest BCUT2D eigenvalue weighted by atomic mass is 9.86. The third-order valence-corrected chi connectivity index (χ3v) is 4.14. The molecule has 0 radical (unpaired) electrons. The molecule has 0 spiro atoms. The Morgan fingerprint density at radius 3 is 2.67 bits per heavy atom. The number of carbonyl (C=O) groups is 2. The topological polar surface area (TPSA) is 37.4 Å². The lowest BCUT2D eigenvalue weighted by molar-refractivity contribution is -0.124. The van der Waals surface area contributed by atoms with Crippen molar-refractivity contribution < 1.29 is 9.59 Å². The van der Waals surface area contributed by atoms with Crippen LogP contribution in [-0.2, 0) is 4.79 Å². The number of Topliss-reactive ketones (excluding diaryl/α,β-unsaturated/α-hetero) is 1. The Labute approximate surface area is 94.6 Å². The lowest BCUT2D eigenvalue weighted by Crippen LogP contribution is -2.34. The average Bonchev–Trinajstić information content (AvgIpc) is 2.66. The van der Waals surface area contributed by atoms with Crippen molar-refractivity contribution in [1.82, 2.24) is 4.90 Å². The zero-order chi connectivity index (χ0) is 10.7. The molecule has 2 aliphatic rings. The number of hydrogen-bond donors (Lipinski definition) is 0. The van der Waals surface area contributed by atoms with Crippen LogP contribution in [0.15, 0.2) is 0 Å². The van der Waals surface area contributed by atoms with Crippen LogP contribution in [0.5, 0.6) is 0 Å².